The van der Waals surface area contributed by atoms with E-state index in [-0.39, 0.29) is 28.5 Å². The zero-order valence-corrected chi connectivity index (χ0v) is 11.9. The highest BCUT2D eigenvalue weighted by molar-refractivity contribution is 7.89. The van der Waals surface area contributed by atoms with Crippen LogP contribution in [0.5, 0.6) is 0 Å². The lowest BCUT2D eigenvalue weighted by Gasteiger charge is -2.06. The number of halogens is 2. The molecule has 1 aromatic carbocycles. The number of nitrogens with one attached hydrogen (secondary N) is 1. The summed E-state index contributed by atoms with van der Waals surface area (Å²) in [4.78, 5) is -0.130. The average Bonchev–Trinajstić information content (AvgIpc) is 2.80. The molecule has 0 aliphatic heterocycles. The minimum Gasteiger partial charge on any atom is -0.462 e. The molecule has 0 radical (unpaired) electrons. The highest BCUT2D eigenvalue weighted by atomic mass is 32.2. The summed E-state index contributed by atoms with van der Waals surface area (Å²) in [5.41, 5.74) is 0.0171. The van der Waals surface area contributed by atoms with Gasteiger partial charge in [0, 0.05) is 24.2 Å². The van der Waals surface area contributed by atoms with Crippen LogP contribution in [0.1, 0.15) is 17.1 Å². The monoisotopic (exact) mass is 317 g/mol. The maximum absolute atomic E-state index is 13.4. The van der Waals surface area contributed by atoms with E-state index in [1.807, 2.05) is 0 Å². The van der Waals surface area contributed by atoms with Crippen molar-refractivity contribution in [3.63, 3.8) is 0 Å². The number of aryl methyl sites for hydroxylation is 1. The molecule has 0 atom stereocenters. The van der Waals surface area contributed by atoms with Gasteiger partial charge in [0.05, 0.1) is 0 Å². The standard InChI is InChI=1S/C13H13F2NO4S/c1-8-13(5-11(7-17)20-8)21(18,19)16-6-9-2-3-10(14)4-12(9)15/h2-5,16-17H,6-7H2,1H3. The van der Waals surface area contributed by atoms with Crippen molar-refractivity contribution >= 4 is 10.0 Å². The number of sulfonamides is 1. The molecule has 2 rings (SSSR count). The molecule has 114 valence electrons. The van der Waals surface area contributed by atoms with Gasteiger partial charge in [0.15, 0.2) is 0 Å². The summed E-state index contributed by atoms with van der Waals surface area (Å²) in [6.45, 7) is 0.683. The normalized spacial score (nSPS) is 11.8. The third kappa shape index (κ3) is 3.46. The van der Waals surface area contributed by atoms with Crippen molar-refractivity contribution < 1.29 is 26.7 Å². The van der Waals surface area contributed by atoms with Crippen LogP contribution in [-0.4, -0.2) is 13.5 Å². The van der Waals surface area contributed by atoms with E-state index in [1.54, 1.807) is 0 Å². The van der Waals surface area contributed by atoms with Crippen molar-refractivity contribution in [2.75, 3.05) is 0 Å². The first-order chi connectivity index (χ1) is 9.83. The van der Waals surface area contributed by atoms with Gasteiger partial charge in [0.2, 0.25) is 10.0 Å². The summed E-state index contributed by atoms with van der Waals surface area (Å²) in [6.07, 6.45) is 0. The number of aliphatic hydroxyl groups is 1. The van der Waals surface area contributed by atoms with Gasteiger partial charge < -0.3 is 9.52 Å². The highest BCUT2D eigenvalue weighted by Gasteiger charge is 2.21. The van der Waals surface area contributed by atoms with Crippen LogP contribution < -0.4 is 4.72 Å². The summed E-state index contributed by atoms with van der Waals surface area (Å²) < 4.78 is 57.6. The lowest BCUT2D eigenvalue weighted by Crippen LogP contribution is -2.24. The van der Waals surface area contributed by atoms with Crippen molar-refractivity contribution in [3.05, 3.63) is 53.0 Å². The molecule has 0 saturated heterocycles. The number of rotatable bonds is 5. The first-order valence-electron chi connectivity index (χ1n) is 5.97. The first kappa shape index (κ1) is 15.6. The molecular formula is C13H13F2NO4S. The fourth-order valence-corrected chi connectivity index (χ4v) is 2.99. The van der Waals surface area contributed by atoms with Crippen LogP contribution in [0.25, 0.3) is 0 Å². The molecule has 8 heteroatoms. The second kappa shape index (κ2) is 5.92. The van der Waals surface area contributed by atoms with Crippen molar-refractivity contribution in [1.82, 2.24) is 4.72 Å². The Hall–Kier alpha value is -1.77. The van der Waals surface area contributed by atoms with E-state index in [9.17, 15) is 17.2 Å². The number of aliphatic hydroxyl groups excluding tert-OH is 1. The Kier molecular flexibility index (Phi) is 4.40. The Morgan fingerprint density at radius 2 is 2.00 bits per heavy atom. The molecule has 0 fully saturated rings. The molecule has 0 bridgehead atoms. The largest absolute Gasteiger partial charge is 0.462 e. The Morgan fingerprint density at radius 3 is 2.57 bits per heavy atom. The number of furan rings is 1. The Morgan fingerprint density at radius 1 is 1.29 bits per heavy atom. The van der Waals surface area contributed by atoms with Gasteiger partial charge in [0.1, 0.15) is 34.7 Å². The van der Waals surface area contributed by atoms with Crippen molar-refractivity contribution in [3.8, 4) is 0 Å². The third-order valence-corrected chi connectivity index (χ3v) is 4.35. The molecule has 1 aromatic heterocycles. The minimum absolute atomic E-state index is 0.0171. The van der Waals surface area contributed by atoms with Gasteiger partial charge in [-0.2, -0.15) is 0 Å². The quantitative estimate of drug-likeness (QED) is 0.882. The molecule has 0 spiro atoms. The zero-order chi connectivity index (χ0) is 15.6. The van der Waals surface area contributed by atoms with E-state index in [4.69, 9.17) is 9.52 Å². The number of benzene rings is 1. The molecule has 0 amide bonds. The smallest absolute Gasteiger partial charge is 0.244 e. The van der Waals surface area contributed by atoms with Crippen LogP contribution in [0.3, 0.4) is 0 Å². The molecule has 21 heavy (non-hydrogen) atoms. The Bertz CT molecular complexity index is 756. The first-order valence-corrected chi connectivity index (χ1v) is 7.45. The zero-order valence-electron chi connectivity index (χ0n) is 11.1. The molecular weight excluding hydrogens is 304 g/mol. The molecule has 0 saturated carbocycles. The van der Waals surface area contributed by atoms with E-state index in [0.717, 1.165) is 12.1 Å². The fourth-order valence-electron chi connectivity index (χ4n) is 1.78. The predicted octanol–water partition coefficient (Wildman–Crippen LogP) is 1.84. The second-order valence-corrected chi connectivity index (χ2v) is 6.09. The van der Waals surface area contributed by atoms with Crippen LogP contribution in [0.15, 0.2) is 33.6 Å². The van der Waals surface area contributed by atoms with Crippen LogP contribution in [0.4, 0.5) is 8.78 Å². The lowest BCUT2D eigenvalue weighted by molar-refractivity contribution is 0.244. The molecule has 0 aliphatic rings. The number of hydrogen-bond acceptors (Lipinski definition) is 4. The molecule has 5 nitrogen and oxygen atoms in total. The van der Waals surface area contributed by atoms with Gasteiger partial charge in [-0.3, -0.25) is 0 Å². The van der Waals surface area contributed by atoms with Crippen molar-refractivity contribution in [2.45, 2.75) is 25.0 Å². The van der Waals surface area contributed by atoms with Gasteiger partial charge in [-0.05, 0) is 13.0 Å². The maximum Gasteiger partial charge on any atom is 0.244 e. The Labute approximate surface area is 120 Å². The van der Waals surface area contributed by atoms with Crippen molar-refractivity contribution in [1.29, 1.82) is 0 Å². The predicted molar refractivity (Wildman–Crippen MR) is 69.8 cm³/mol. The van der Waals surface area contributed by atoms with E-state index in [1.165, 1.54) is 13.0 Å². The summed E-state index contributed by atoms with van der Waals surface area (Å²) in [6, 6.07) is 4.07. The van der Waals surface area contributed by atoms with Crippen LogP contribution in [0, 0.1) is 18.6 Å². The third-order valence-electron chi connectivity index (χ3n) is 2.84. The van der Waals surface area contributed by atoms with E-state index in [0.29, 0.717) is 6.07 Å². The average molecular weight is 317 g/mol. The van der Waals surface area contributed by atoms with Gasteiger partial charge in [-0.1, -0.05) is 6.07 Å². The van der Waals surface area contributed by atoms with Gasteiger partial charge in [-0.25, -0.2) is 21.9 Å². The van der Waals surface area contributed by atoms with Gasteiger partial charge in [0.25, 0.3) is 0 Å². The summed E-state index contributed by atoms with van der Waals surface area (Å²) in [5, 5.41) is 8.92. The van der Waals surface area contributed by atoms with Crippen LogP contribution >= 0.6 is 0 Å². The molecule has 1 heterocycles. The van der Waals surface area contributed by atoms with E-state index >= 15 is 0 Å². The van der Waals surface area contributed by atoms with E-state index < -0.39 is 28.3 Å². The minimum atomic E-state index is -3.92. The van der Waals surface area contributed by atoms with Crippen LogP contribution in [-0.2, 0) is 23.2 Å². The van der Waals surface area contributed by atoms with Crippen molar-refractivity contribution in [2.24, 2.45) is 0 Å². The Balaban J connectivity index is 2.19. The summed E-state index contributed by atoms with van der Waals surface area (Å²) >= 11 is 0. The summed E-state index contributed by atoms with van der Waals surface area (Å²) in [5.74, 6) is -1.35. The molecule has 0 aliphatic carbocycles. The van der Waals surface area contributed by atoms with Gasteiger partial charge in [-0.15, -0.1) is 0 Å². The number of hydrogen-bond donors (Lipinski definition) is 2. The lowest BCUT2D eigenvalue weighted by atomic mass is 10.2. The summed E-state index contributed by atoms with van der Waals surface area (Å²) in [7, 11) is -3.92. The van der Waals surface area contributed by atoms with Gasteiger partial charge >= 0.3 is 0 Å². The topological polar surface area (TPSA) is 79.5 Å². The molecule has 2 N–H and O–H groups in total. The van der Waals surface area contributed by atoms with Crippen LogP contribution in [0.2, 0.25) is 0 Å². The maximum atomic E-state index is 13.4. The fraction of sp³-hybridized carbons (Fsp3) is 0.231. The second-order valence-electron chi connectivity index (χ2n) is 4.35. The SMILES string of the molecule is Cc1oc(CO)cc1S(=O)(=O)NCc1ccc(F)cc1F. The van der Waals surface area contributed by atoms with E-state index in [2.05, 4.69) is 4.72 Å². The highest BCUT2D eigenvalue weighted by Crippen LogP contribution is 2.20. The molecule has 2 aromatic rings. The molecule has 0 unspecified atom stereocenters.